The van der Waals surface area contributed by atoms with E-state index < -0.39 is 6.04 Å². The van der Waals surface area contributed by atoms with Crippen LogP contribution in [-0.2, 0) is 17.6 Å². The Balaban J connectivity index is 1.52. The molecule has 0 saturated carbocycles. The van der Waals surface area contributed by atoms with Crippen LogP contribution in [0.5, 0.6) is 0 Å². The number of carbonyl (C=O) groups is 2. The van der Waals surface area contributed by atoms with Crippen molar-refractivity contribution in [2.75, 3.05) is 11.4 Å². The van der Waals surface area contributed by atoms with E-state index in [1.54, 1.807) is 17.0 Å². The molecule has 0 unspecified atom stereocenters. The average molecular weight is 389 g/mol. The van der Waals surface area contributed by atoms with Crippen molar-refractivity contribution >= 4 is 17.5 Å². The third kappa shape index (κ3) is 3.66. The minimum Gasteiger partial charge on any atom is -0.361 e. The fraction of sp³-hybridized carbons (Fsp3) is 0.261. The van der Waals surface area contributed by atoms with Gasteiger partial charge in [0.15, 0.2) is 0 Å². The molecule has 1 atom stereocenters. The topological polar surface area (TPSA) is 75.4 Å². The number of para-hydroxylation sites is 1. The Morgan fingerprint density at radius 2 is 1.83 bits per heavy atom. The van der Waals surface area contributed by atoms with E-state index in [4.69, 9.17) is 4.52 Å². The standard InChI is InChI=1S/C23H23N3O3/c1-15-19(16(2)29-25-15)12-13-24-22(27)21-14-18-10-6-7-11-20(18)26(21)23(28)17-8-4-3-5-9-17/h3-11,21H,12-14H2,1-2H3,(H,24,27)/t21-/m1/s1. The maximum Gasteiger partial charge on any atom is 0.259 e. The first-order chi connectivity index (χ1) is 14.1. The van der Waals surface area contributed by atoms with Gasteiger partial charge >= 0.3 is 0 Å². The van der Waals surface area contributed by atoms with Gasteiger partial charge in [-0.2, -0.15) is 0 Å². The minimum absolute atomic E-state index is 0.155. The summed E-state index contributed by atoms with van der Waals surface area (Å²) in [5.74, 6) is 0.449. The SMILES string of the molecule is Cc1noc(C)c1CCNC(=O)[C@H]1Cc2ccccc2N1C(=O)c1ccccc1. The molecule has 6 nitrogen and oxygen atoms in total. The average Bonchev–Trinajstić information content (AvgIpc) is 3.29. The molecule has 3 aromatic rings. The van der Waals surface area contributed by atoms with Gasteiger partial charge in [-0.25, -0.2) is 0 Å². The molecule has 0 bridgehead atoms. The smallest absolute Gasteiger partial charge is 0.259 e. The van der Waals surface area contributed by atoms with Crippen molar-refractivity contribution in [1.29, 1.82) is 0 Å². The summed E-state index contributed by atoms with van der Waals surface area (Å²) >= 11 is 0. The van der Waals surface area contributed by atoms with Gasteiger partial charge in [-0.3, -0.25) is 14.5 Å². The first-order valence-corrected chi connectivity index (χ1v) is 9.72. The van der Waals surface area contributed by atoms with Crippen LogP contribution in [-0.4, -0.2) is 29.6 Å². The van der Waals surface area contributed by atoms with Crippen molar-refractivity contribution in [3.8, 4) is 0 Å². The summed E-state index contributed by atoms with van der Waals surface area (Å²) in [6.45, 7) is 4.22. The van der Waals surface area contributed by atoms with Crippen LogP contribution in [0, 0.1) is 13.8 Å². The Morgan fingerprint density at radius 1 is 1.10 bits per heavy atom. The predicted molar refractivity (Wildman–Crippen MR) is 110 cm³/mol. The Hall–Kier alpha value is -3.41. The molecule has 1 aliphatic heterocycles. The van der Waals surface area contributed by atoms with Crippen LogP contribution < -0.4 is 10.2 Å². The van der Waals surface area contributed by atoms with Crippen LogP contribution in [0.4, 0.5) is 5.69 Å². The molecule has 6 heteroatoms. The Labute approximate surface area is 169 Å². The third-order valence-corrected chi connectivity index (χ3v) is 5.37. The largest absolute Gasteiger partial charge is 0.361 e. The lowest BCUT2D eigenvalue weighted by Gasteiger charge is -2.25. The number of aromatic nitrogens is 1. The molecule has 1 N–H and O–H groups in total. The highest BCUT2D eigenvalue weighted by Crippen LogP contribution is 2.33. The molecule has 4 rings (SSSR count). The second kappa shape index (κ2) is 7.91. The van der Waals surface area contributed by atoms with Gasteiger partial charge < -0.3 is 9.84 Å². The zero-order valence-electron chi connectivity index (χ0n) is 16.5. The molecular weight excluding hydrogens is 366 g/mol. The van der Waals surface area contributed by atoms with Gasteiger partial charge in [0.05, 0.1) is 5.69 Å². The molecule has 2 aromatic carbocycles. The minimum atomic E-state index is -0.565. The van der Waals surface area contributed by atoms with Crippen LogP contribution in [0.25, 0.3) is 0 Å². The zero-order chi connectivity index (χ0) is 20.4. The van der Waals surface area contributed by atoms with Gasteiger partial charge in [-0.05, 0) is 44.0 Å². The zero-order valence-corrected chi connectivity index (χ0v) is 16.5. The Morgan fingerprint density at radius 3 is 2.55 bits per heavy atom. The summed E-state index contributed by atoms with van der Waals surface area (Å²) in [6.07, 6.45) is 1.14. The summed E-state index contributed by atoms with van der Waals surface area (Å²) in [5.41, 5.74) is 4.22. The highest BCUT2D eigenvalue weighted by molar-refractivity contribution is 6.11. The summed E-state index contributed by atoms with van der Waals surface area (Å²) < 4.78 is 5.18. The molecule has 2 amide bonds. The third-order valence-electron chi connectivity index (χ3n) is 5.37. The van der Waals surface area contributed by atoms with Gasteiger partial charge in [0.25, 0.3) is 5.91 Å². The Kier molecular flexibility index (Phi) is 5.16. The fourth-order valence-electron chi connectivity index (χ4n) is 3.85. The fourth-order valence-corrected chi connectivity index (χ4v) is 3.85. The normalized spacial score (nSPS) is 15.2. The lowest BCUT2D eigenvalue weighted by Crippen LogP contribution is -2.48. The highest BCUT2D eigenvalue weighted by atomic mass is 16.5. The lowest BCUT2D eigenvalue weighted by molar-refractivity contribution is -0.122. The molecule has 1 aromatic heterocycles. The van der Waals surface area contributed by atoms with E-state index in [9.17, 15) is 9.59 Å². The maximum absolute atomic E-state index is 13.2. The maximum atomic E-state index is 13.2. The van der Waals surface area contributed by atoms with Crippen LogP contribution in [0.2, 0.25) is 0 Å². The van der Waals surface area contributed by atoms with Gasteiger partial charge in [0, 0.05) is 29.8 Å². The van der Waals surface area contributed by atoms with Crippen LogP contribution >= 0.6 is 0 Å². The van der Waals surface area contributed by atoms with Gasteiger partial charge in [-0.1, -0.05) is 41.6 Å². The van der Waals surface area contributed by atoms with Crippen molar-refractivity contribution in [1.82, 2.24) is 10.5 Å². The number of hydrogen-bond donors (Lipinski definition) is 1. The molecule has 0 spiro atoms. The van der Waals surface area contributed by atoms with E-state index in [1.165, 1.54) is 0 Å². The summed E-state index contributed by atoms with van der Waals surface area (Å²) in [7, 11) is 0. The molecule has 148 valence electrons. The van der Waals surface area contributed by atoms with Gasteiger partial charge in [0.1, 0.15) is 11.8 Å². The van der Waals surface area contributed by atoms with Crippen molar-refractivity contribution in [2.45, 2.75) is 32.7 Å². The van der Waals surface area contributed by atoms with Crippen molar-refractivity contribution in [3.05, 3.63) is 82.7 Å². The molecule has 0 fully saturated rings. The first kappa shape index (κ1) is 18.9. The number of carbonyl (C=O) groups excluding carboxylic acids is 2. The number of anilines is 1. The molecular formula is C23H23N3O3. The van der Waals surface area contributed by atoms with E-state index >= 15 is 0 Å². The molecule has 1 aliphatic rings. The summed E-state index contributed by atoms with van der Waals surface area (Å²) in [4.78, 5) is 27.8. The Bertz CT molecular complexity index is 1020. The van der Waals surface area contributed by atoms with Gasteiger partial charge in [0.2, 0.25) is 5.91 Å². The van der Waals surface area contributed by atoms with E-state index in [-0.39, 0.29) is 11.8 Å². The number of nitrogens with zero attached hydrogens (tertiary/aromatic N) is 2. The van der Waals surface area contributed by atoms with Crippen molar-refractivity contribution < 1.29 is 14.1 Å². The van der Waals surface area contributed by atoms with Crippen molar-refractivity contribution in [3.63, 3.8) is 0 Å². The molecule has 0 saturated heterocycles. The number of amides is 2. The van der Waals surface area contributed by atoms with Crippen molar-refractivity contribution in [2.24, 2.45) is 0 Å². The molecule has 29 heavy (non-hydrogen) atoms. The van der Waals surface area contributed by atoms with E-state index in [0.29, 0.717) is 24.9 Å². The van der Waals surface area contributed by atoms with E-state index in [0.717, 1.165) is 28.3 Å². The van der Waals surface area contributed by atoms with Gasteiger partial charge in [-0.15, -0.1) is 0 Å². The second-order valence-corrected chi connectivity index (χ2v) is 7.23. The summed E-state index contributed by atoms with van der Waals surface area (Å²) in [5, 5.41) is 6.93. The number of aryl methyl sites for hydroxylation is 2. The predicted octanol–water partition coefficient (Wildman–Crippen LogP) is 3.22. The van der Waals surface area contributed by atoms with E-state index in [2.05, 4.69) is 10.5 Å². The quantitative estimate of drug-likeness (QED) is 0.727. The lowest BCUT2D eigenvalue weighted by atomic mass is 10.1. The number of fused-ring (bicyclic) bond motifs is 1. The van der Waals surface area contributed by atoms with Crippen LogP contribution in [0.3, 0.4) is 0 Å². The second-order valence-electron chi connectivity index (χ2n) is 7.23. The highest BCUT2D eigenvalue weighted by Gasteiger charge is 2.38. The molecule has 0 radical (unpaired) electrons. The first-order valence-electron chi connectivity index (χ1n) is 9.72. The molecule has 2 heterocycles. The number of benzene rings is 2. The molecule has 0 aliphatic carbocycles. The number of hydrogen-bond acceptors (Lipinski definition) is 4. The van der Waals surface area contributed by atoms with Crippen LogP contribution in [0.1, 0.15) is 32.9 Å². The number of nitrogens with one attached hydrogen (secondary N) is 1. The number of rotatable bonds is 5. The van der Waals surface area contributed by atoms with E-state index in [1.807, 2.05) is 56.3 Å². The summed E-state index contributed by atoms with van der Waals surface area (Å²) in [6, 6.07) is 16.2. The monoisotopic (exact) mass is 389 g/mol. The van der Waals surface area contributed by atoms with Crippen LogP contribution in [0.15, 0.2) is 59.1 Å².